The van der Waals surface area contributed by atoms with Crippen LogP contribution in [0, 0.1) is 0 Å². The van der Waals surface area contributed by atoms with E-state index in [1.165, 1.54) is 96.9 Å². The van der Waals surface area contributed by atoms with Crippen LogP contribution in [-0.4, -0.2) is 125 Å². The van der Waals surface area contributed by atoms with Gasteiger partial charge >= 0.3 is 9.28 Å². The molecule has 0 aromatic rings. The van der Waals surface area contributed by atoms with E-state index in [4.69, 9.17) is 8.85 Å². The largest absolute Gasteiger partial charge is 0.397 e. The van der Waals surface area contributed by atoms with Gasteiger partial charge in [-0.2, -0.15) is 0 Å². The van der Waals surface area contributed by atoms with Gasteiger partial charge in [0.05, 0.1) is 9.52 Å². The molecular formula is C22H47N4O2Si2. The van der Waals surface area contributed by atoms with E-state index in [1.807, 2.05) is 0 Å². The van der Waals surface area contributed by atoms with E-state index in [2.05, 4.69) is 40.6 Å². The van der Waals surface area contributed by atoms with Crippen LogP contribution in [0.25, 0.3) is 0 Å². The average Bonchev–Trinajstić information content (AvgIpc) is 2.75. The standard InChI is InChI=1S/C22H47N4O2Si2/c1-21(30(27-4)28-5)11-9-7-6-8-10-20-29-22(25-16-12-23(2)13-17-25)26-18-14-24(3)15-19-26/h21-22H,6-20H2,1-5H3. The second kappa shape index (κ2) is 15.1. The van der Waals surface area contributed by atoms with Gasteiger partial charge in [-0.3, -0.25) is 9.80 Å². The molecule has 2 aliphatic rings. The summed E-state index contributed by atoms with van der Waals surface area (Å²) in [6, 6.07) is 1.40. The number of rotatable bonds is 14. The van der Waals surface area contributed by atoms with Crippen molar-refractivity contribution in [1.82, 2.24) is 19.6 Å². The number of unbranched alkanes of at least 4 members (excludes halogenated alkanes) is 4. The molecule has 30 heavy (non-hydrogen) atoms. The van der Waals surface area contributed by atoms with Crippen LogP contribution in [0.1, 0.15) is 45.4 Å². The third-order valence-electron chi connectivity index (χ3n) is 6.71. The lowest BCUT2D eigenvalue weighted by atomic mass is 10.1. The van der Waals surface area contributed by atoms with Gasteiger partial charge in [-0.05, 0) is 20.5 Å². The van der Waals surface area contributed by atoms with Crippen molar-refractivity contribution < 1.29 is 8.85 Å². The maximum absolute atomic E-state index is 5.47. The van der Waals surface area contributed by atoms with Gasteiger partial charge in [-0.1, -0.05) is 45.1 Å². The van der Waals surface area contributed by atoms with Gasteiger partial charge in [-0.25, -0.2) is 0 Å². The first-order valence-corrected chi connectivity index (χ1v) is 14.8. The van der Waals surface area contributed by atoms with Crippen LogP contribution in [0.2, 0.25) is 11.6 Å². The Hall–Kier alpha value is 0.194. The summed E-state index contributed by atoms with van der Waals surface area (Å²) in [5.41, 5.74) is 0.583. The maximum Gasteiger partial charge on any atom is 0.387 e. The van der Waals surface area contributed by atoms with Gasteiger partial charge in [0.2, 0.25) is 0 Å². The summed E-state index contributed by atoms with van der Waals surface area (Å²) in [6.07, 6.45) is 8.09. The fourth-order valence-corrected chi connectivity index (χ4v) is 7.72. The van der Waals surface area contributed by atoms with Crippen molar-refractivity contribution in [3.8, 4) is 0 Å². The Kier molecular flexibility index (Phi) is 13.3. The van der Waals surface area contributed by atoms with Crippen molar-refractivity contribution in [1.29, 1.82) is 0 Å². The summed E-state index contributed by atoms with van der Waals surface area (Å²) in [7, 11) is 8.10. The lowest BCUT2D eigenvalue weighted by molar-refractivity contribution is 0.0311. The summed E-state index contributed by atoms with van der Waals surface area (Å²) < 4.78 is 10.9. The van der Waals surface area contributed by atoms with Crippen molar-refractivity contribution in [3.63, 3.8) is 0 Å². The van der Waals surface area contributed by atoms with Gasteiger partial charge in [0, 0.05) is 77.9 Å². The van der Waals surface area contributed by atoms with Crippen LogP contribution in [0.5, 0.6) is 0 Å². The van der Waals surface area contributed by atoms with E-state index in [0.717, 1.165) is 9.52 Å². The lowest BCUT2D eigenvalue weighted by Crippen LogP contribution is -2.61. The number of nitrogens with zero attached hydrogens (tertiary/aromatic N) is 4. The molecule has 0 aromatic heterocycles. The van der Waals surface area contributed by atoms with Crippen molar-refractivity contribution in [2.75, 3.05) is 80.7 Å². The van der Waals surface area contributed by atoms with Gasteiger partial charge in [-0.15, -0.1) is 0 Å². The number of hydrogen-bond acceptors (Lipinski definition) is 6. The highest BCUT2D eigenvalue weighted by Gasteiger charge is 2.29. The number of piperazine rings is 2. The molecule has 0 bridgehead atoms. The van der Waals surface area contributed by atoms with Crippen molar-refractivity contribution >= 4 is 18.8 Å². The highest BCUT2D eigenvalue weighted by atomic mass is 28.3. The van der Waals surface area contributed by atoms with Crippen LogP contribution in [0.15, 0.2) is 0 Å². The zero-order valence-electron chi connectivity index (χ0n) is 20.4. The Morgan fingerprint density at radius 2 is 1.20 bits per heavy atom. The minimum absolute atomic E-state index is 0.583. The average molecular weight is 456 g/mol. The first kappa shape index (κ1) is 26.4. The summed E-state index contributed by atoms with van der Waals surface area (Å²) in [6.45, 7) is 12.1. The molecule has 8 heteroatoms. The Morgan fingerprint density at radius 1 is 0.733 bits per heavy atom. The van der Waals surface area contributed by atoms with Gasteiger partial charge in [0.1, 0.15) is 0 Å². The molecule has 0 amide bonds. The van der Waals surface area contributed by atoms with Crippen LogP contribution >= 0.6 is 0 Å². The molecule has 1 atom stereocenters. The lowest BCUT2D eigenvalue weighted by Gasteiger charge is -2.45. The first-order valence-electron chi connectivity index (χ1n) is 12.1. The molecule has 0 spiro atoms. The molecule has 2 heterocycles. The maximum atomic E-state index is 5.47. The molecule has 2 fully saturated rings. The van der Waals surface area contributed by atoms with Gasteiger partial charge < -0.3 is 18.7 Å². The topological polar surface area (TPSA) is 31.4 Å². The molecule has 0 aliphatic carbocycles. The highest BCUT2D eigenvalue weighted by molar-refractivity contribution is 6.46. The van der Waals surface area contributed by atoms with Crippen LogP contribution in [0.3, 0.4) is 0 Å². The summed E-state index contributed by atoms with van der Waals surface area (Å²) in [4.78, 5) is 10.5. The minimum Gasteiger partial charge on any atom is -0.397 e. The summed E-state index contributed by atoms with van der Waals surface area (Å²) in [5.74, 6) is 0.692. The first-order chi connectivity index (χ1) is 14.5. The number of hydrogen-bond donors (Lipinski definition) is 0. The van der Waals surface area contributed by atoms with Gasteiger partial charge in [0.15, 0.2) is 0 Å². The van der Waals surface area contributed by atoms with E-state index in [9.17, 15) is 0 Å². The van der Waals surface area contributed by atoms with Crippen molar-refractivity contribution in [2.24, 2.45) is 0 Å². The molecule has 0 saturated carbocycles. The minimum atomic E-state index is -1.05. The SMILES string of the molecule is CO[Si](OC)C(C)CCCCCCC[Si]C(N1CCN(C)CC1)N1CCN(C)CC1. The third kappa shape index (κ3) is 9.36. The third-order valence-corrected chi connectivity index (χ3v) is 10.3. The molecule has 175 valence electrons. The zero-order chi connectivity index (χ0) is 21.8. The van der Waals surface area contributed by atoms with E-state index in [-0.39, 0.29) is 0 Å². The molecule has 0 aromatic carbocycles. The molecule has 0 N–H and O–H groups in total. The molecule has 6 nitrogen and oxygen atoms in total. The molecule has 2 rings (SSSR count). The highest BCUT2D eigenvalue weighted by Crippen LogP contribution is 2.20. The van der Waals surface area contributed by atoms with E-state index in [1.54, 1.807) is 14.2 Å². The fraction of sp³-hybridized carbons (Fsp3) is 1.00. The molecule has 2 saturated heterocycles. The Bertz CT molecular complexity index is 407. The molecule has 2 aliphatic heterocycles. The Morgan fingerprint density at radius 3 is 1.70 bits per heavy atom. The van der Waals surface area contributed by atoms with Crippen molar-refractivity contribution in [2.45, 2.75) is 62.8 Å². The van der Waals surface area contributed by atoms with Gasteiger partial charge in [0.25, 0.3) is 0 Å². The van der Waals surface area contributed by atoms with E-state index < -0.39 is 9.28 Å². The quantitative estimate of drug-likeness (QED) is 0.295. The molecule has 3 radical (unpaired) electrons. The van der Waals surface area contributed by atoms with Crippen LogP contribution < -0.4 is 0 Å². The smallest absolute Gasteiger partial charge is 0.387 e. The van der Waals surface area contributed by atoms with Crippen LogP contribution in [-0.2, 0) is 8.85 Å². The normalized spacial score (nSPS) is 21.7. The molecular weight excluding hydrogens is 408 g/mol. The second-order valence-corrected chi connectivity index (χ2v) is 13.1. The van der Waals surface area contributed by atoms with E-state index >= 15 is 0 Å². The zero-order valence-corrected chi connectivity index (χ0v) is 22.4. The molecule has 1 unspecified atom stereocenters. The predicted octanol–water partition coefficient (Wildman–Crippen LogP) is 2.40. The summed E-state index contributed by atoms with van der Waals surface area (Å²) >= 11 is 0. The van der Waals surface area contributed by atoms with Crippen molar-refractivity contribution in [3.05, 3.63) is 0 Å². The van der Waals surface area contributed by atoms with E-state index in [0.29, 0.717) is 11.3 Å². The Labute approximate surface area is 190 Å². The summed E-state index contributed by atoms with van der Waals surface area (Å²) in [5, 5.41) is 0. The number of likely N-dealkylation sites (N-methyl/N-ethyl adjacent to an activating group) is 2. The predicted molar refractivity (Wildman–Crippen MR) is 129 cm³/mol. The Balaban J connectivity index is 1.63. The fourth-order valence-electron chi connectivity index (χ4n) is 4.56. The second-order valence-electron chi connectivity index (χ2n) is 9.19. The monoisotopic (exact) mass is 455 g/mol. The van der Waals surface area contributed by atoms with Crippen LogP contribution in [0.4, 0.5) is 0 Å².